The normalized spacial score (nSPS) is 10.9. The topological polar surface area (TPSA) is 52.6 Å². The van der Waals surface area contributed by atoms with Crippen LogP contribution in [0.2, 0.25) is 5.02 Å². The van der Waals surface area contributed by atoms with Crippen LogP contribution in [0.1, 0.15) is 25.8 Å². The number of rotatable bonds is 8. The molecule has 1 rings (SSSR count). The fourth-order valence-corrected chi connectivity index (χ4v) is 2.09. The summed E-state index contributed by atoms with van der Waals surface area (Å²) >= 11 is 6.07. The minimum Gasteiger partial charge on any atom is -0.465 e. The van der Waals surface area contributed by atoms with Crippen molar-refractivity contribution in [2.45, 2.75) is 26.7 Å². The molecule has 0 bridgehead atoms. The predicted molar refractivity (Wildman–Crippen MR) is 85.7 cm³/mol. The van der Waals surface area contributed by atoms with Crippen LogP contribution in [0.3, 0.4) is 0 Å². The first-order valence-electron chi connectivity index (χ1n) is 7.31. The maximum atomic E-state index is 11.8. The van der Waals surface area contributed by atoms with Crippen LogP contribution in [0.25, 0.3) is 0 Å². The van der Waals surface area contributed by atoms with Gasteiger partial charge in [0.1, 0.15) is 0 Å². The number of benzene rings is 1. The second-order valence-corrected chi connectivity index (χ2v) is 4.97. The lowest BCUT2D eigenvalue weighted by atomic mass is 10.0. The van der Waals surface area contributed by atoms with Crippen LogP contribution in [-0.2, 0) is 25.5 Å². The van der Waals surface area contributed by atoms with Crippen LogP contribution in [-0.4, -0.2) is 25.2 Å². The van der Waals surface area contributed by atoms with E-state index in [0.29, 0.717) is 11.4 Å². The van der Waals surface area contributed by atoms with E-state index in [0.717, 1.165) is 5.56 Å². The van der Waals surface area contributed by atoms with Crippen LogP contribution in [0, 0.1) is 5.92 Å². The molecule has 1 aromatic carbocycles. The number of carbonyl (C=O) groups is 2. The van der Waals surface area contributed by atoms with Crippen molar-refractivity contribution in [1.29, 1.82) is 0 Å². The quantitative estimate of drug-likeness (QED) is 0.417. The van der Waals surface area contributed by atoms with Crippen molar-refractivity contribution in [3.63, 3.8) is 0 Å². The highest BCUT2D eigenvalue weighted by molar-refractivity contribution is 6.31. The highest BCUT2D eigenvalue weighted by Gasteiger charge is 2.28. The molecule has 0 spiro atoms. The van der Waals surface area contributed by atoms with E-state index in [-0.39, 0.29) is 19.6 Å². The fraction of sp³-hybridized carbons (Fsp3) is 0.412. The van der Waals surface area contributed by atoms with E-state index in [9.17, 15) is 9.59 Å². The lowest BCUT2D eigenvalue weighted by Crippen LogP contribution is -2.27. The highest BCUT2D eigenvalue weighted by Crippen LogP contribution is 2.16. The summed E-state index contributed by atoms with van der Waals surface area (Å²) in [5.74, 6) is -2.02. The predicted octanol–water partition coefficient (Wildman–Crippen LogP) is 3.57. The standard InChI is InChI=1S/C17H21ClO4/c1-3-21-16(19)14(17(20)22-4-2)11-7-5-9-13-10-6-8-12-15(13)18/h5-8,10,12,14H,3-4,9,11H2,1-2H3/b7-5+. The Kier molecular flexibility index (Phi) is 8.30. The Balaban J connectivity index is 2.62. The molecular weight excluding hydrogens is 304 g/mol. The first-order chi connectivity index (χ1) is 10.6. The van der Waals surface area contributed by atoms with Crippen LogP contribution >= 0.6 is 11.6 Å². The zero-order chi connectivity index (χ0) is 16.4. The number of esters is 2. The largest absolute Gasteiger partial charge is 0.465 e. The molecule has 0 amide bonds. The number of hydrogen-bond acceptors (Lipinski definition) is 4. The summed E-state index contributed by atoms with van der Waals surface area (Å²) in [6.07, 6.45) is 4.55. The van der Waals surface area contributed by atoms with Gasteiger partial charge in [-0.1, -0.05) is 42.0 Å². The molecule has 0 N–H and O–H groups in total. The molecular formula is C17H21ClO4. The maximum Gasteiger partial charge on any atom is 0.320 e. The van der Waals surface area contributed by atoms with Crippen LogP contribution in [0.4, 0.5) is 0 Å². The number of carbonyl (C=O) groups excluding carboxylic acids is 2. The molecule has 4 nitrogen and oxygen atoms in total. The van der Waals surface area contributed by atoms with E-state index >= 15 is 0 Å². The summed E-state index contributed by atoms with van der Waals surface area (Å²) in [6.45, 7) is 3.87. The van der Waals surface area contributed by atoms with Gasteiger partial charge in [0.2, 0.25) is 0 Å². The number of allylic oxidation sites excluding steroid dienone is 2. The number of halogens is 1. The number of hydrogen-bond donors (Lipinski definition) is 0. The van der Waals surface area contributed by atoms with Crippen LogP contribution in [0.15, 0.2) is 36.4 Å². The molecule has 0 fully saturated rings. The van der Waals surface area contributed by atoms with Crippen molar-refractivity contribution in [1.82, 2.24) is 0 Å². The second kappa shape index (κ2) is 10.0. The molecule has 1 aromatic rings. The van der Waals surface area contributed by atoms with Gasteiger partial charge in [-0.2, -0.15) is 0 Å². The van der Waals surface area contributed by atoms with E-state index in [2.05, 4.69) is 0 Å². The van der Waals surface area contributed by atoms with Gasteiger partial charge in [0.15, 0.2) is 5.92 Å². The number of ether oxygens (including phenoxy) is 2. The van der Waals surface area contributed by atoms with Crippen molar-refractivity contribution in [2.75, 3.05) is 13.2 Å². The van der Waals surface area contributed by atoms with Gasteiger partial charge in [-0.25, -0.2) is 0 Å². The van der Waals surface area contributed by atoms with Gasteiger partial charge in [-0.15, -0.1) is 0 Å². The first kappa shape index (κ1) is 18.2. The van der Waals surface area contributed by atoms with Crippen molar-refractivity contribution in [2.24, 2.45) is 5.92 Å². The Hall–Kier alpha value is -1.81. The second-order valence-electron chi connectivity index (χ2n) is 4.56. The molecule has 0 aromatic heterocycles. The SMILES string of the molecule is CCOC(=O)C(C/C=C/Cc1ccccc1Cl)C(=O)OCC. The summed E-state index contributed by atoms with van der Waals surface area (Å²) in [7, 11) is 0. The molecule has 5 heteroatoms. The molecule has 0 unspecified atom stereocenters. The molecule has 0 aliphatic heterocycles. The Morgan fingerprint density at radius 3 is 2.23 bits per heavy atom. The van der Waals surface area contributed by atoms with E-state index in [4.69, 9.17) is 21.1 Å². The van der Waals surface area contributed by atoms with E-state index in [1.54, 1.807) is 19.9 Å². The zero-order valence-corrected chi connectivity index (χ0v) is 13.6. The molecule has 22 heavy (non-hydrogen) atoms. The minimum atomic E-state index is -0.914. The van der Waals surface area contributed by atoms with Gasteiger partial charge in [0.05, 0.1) is 13.2 Å². The van der Waals surface area contributed by atoms with E-state index in [1.165, 1.54) is 0 Å². The molecule has 120 valence electrons. The third-order valence-electron chi connectivity index (χ3n) is 2.98. The van der Waals surface area contributed by atoms with E-state index < -0.39 is 17.9 Å². The van der Waals surface area contributed by atoms with Gasteiger partial charge in [0, 0.05) is 5.02 Å². The Morgan fingerprint density at radius 1 is 1.09 bits per heavy atom. The maximum absolute atomic E-state index is 11.8. The van der Waals surface area contributed by atoms with E-state index in [1.807, 2.05) is 30.3 Å². The van der Waals surface area contributed by atoms with Crippen molar-refractivity contribution >= 4 is 23.5 Å². The summed E-state index contributed by atoms with van der Waals surface area (Å²) in [6, 6.07) is 7.54. The smallest absolute Gasteiger partial charge is 0.320 e. The van der Waals surface area contributed by atoms with Crippen LogP contribution in [0.5, 0.6) is 0 Å². The third-order valence-corrected chi connectivity index (χ3v) is 3.35. The lowest BCUT2D eigenvalue weighted by molar-refractivity contribution is -0.161. The molecule has 0 aliphatic rings. The molecule has 0 aliphatic carbocycles. The molecule has 0 saturated heterocycles. The summed E-state index contributed by atoms with van der Waals surface area (Å²) in [5, 5.41) is 0.694. The molecule has 0 atom stereocenters. The summed E-state index contributed by atoms with van der Waals surface area (Å²) in [4.78, 5) is 23.6. The van der Waals surface area contributed by atoms with Crippen LogP contribution < -0.4 is 0 Å². The Labute approximate surface area is 136 Å². The van der Waals surface area contributed by atoms with Gasteiger partial charge in [0.25, 0.3) is 0 Å². The minimum absolute atomic E-state index is 0.234. The van der Waals surface area contributed by atoms with Gasteiger partial charge < -0.3 is 9.47 Å². The summed E-state index contributed by atoms with van der Waals surface area (Å²) in [5.41, 5.74) is 0.990. The lowest BCUT2D eigenvalue weighted by Gasteiger charge is -2.12. The van der Waals surface area contributed by atoms with Crippen molar-refractivity contribution in [3.05, 3.63) is 47.0 Å². The average Bonchev–Trinajstić information content (AvgIpc) is 2.49. The molecule has 0 saturated carbocycles. The third kappa shape index (κ3) is 5.90. The van der Waals surface area contributed by atoms with Crippen molar-refractivity contribution < 1.29 is 19.1 Å². The first-order valence-corrected chi connectivity index (χ1v) is 7.69. The van der Waals surface area contributed by atoms with Crippen molar-refractivity contribution in [3.8, 4) is 0 Å². The van der Waals surface area contributed by atoms with Gasteiger partial charge in [-0.05, 0) is 38.3 Å². The summed E-state index contributed by atoms with van der Waals surface area (Å²) < 4.78 is 9.82. The molecule has 0 heterocycles. The Morgan fingerprint density at radius 2 is 1.68 bits per heavy atom. The van der Waals surface area contributed by atoms with Gasteiger partial charge in [-0.3, -0.25) is 9.59 Å². The highest BCUT2D eigenvalue weighted by atomic mass is 35.5. The monoisotopic (exact) mass is 324 g/mol. The average molecular weight is 325 g/mol. The Bertz CT molecular complexity index is 507. The zero-order valence-electron chi connectivity index (χ0n) is 12.9. The molecule has 0 radical (unpaired) electrons. The van der Waals surface area contributed by atoms with Gasteiger partial charge >= 0.3 is 11.9 Å². The fourth-order valence-electron chi connectivity index (χ4n) is 1.88.